The van der Waals surface area contributed by atoms with Crippen molar-refractivity contribution in [1.29, 1.82) is 0 Å². The van der Waals surface area contributed by atoms with Gasteiger partial charge in [0.15, 0.2) is 0 Å². The standard InChI is InChI=1S/C18H26O3/c1-5-10-21-17-9-8-14(12(2)13(17)3)6-7-15-11-16(15)18(19)20-4/h8-9,15-16H,5-7,10-11H2,1-4H3. The van der Waals surface area contributed by atoms with Crippen LogP contribution in [-0.2, 0) is 16.0 Å². The van der Waals surface area contributed by atoms with E-state index in [1.165, 1.54) is 23.8 Å². The molecule has 1 aliphatic carbocycles. The molecule has 3 nitrogen and oxygen atoms in total. The molecule has 0 bridgehead atoms. The summed E-state index contributed by atoms with van der Waals surface area (Å²) in [5.41, 5.74) is 3.92. The molecule has 0 heterocycles. The highest BCUT2D eigenvalue weighted by atomic mass is 16.5. The first-order valence-corrected chi connectivity index (χ1v) is 7.88. The van der Waals surface area contributed by atoms with Gasteiger partial charge in [-0.05, 0) is 68.2 Å². The maximum absolute atomic E-state index is 11.4. The van der Waals surface area contributed by atoms with Crippen LogP contribution in [0.3, 0.4) is 0 Å². The zero-order valence-electron chi connectivity index (χ0n) is 13.6. The third-order valence-electron chi connectivity index (χ3n) is 4.52. The second kappa shape index (κ2) is 6.97. The lowest BCUT2D eigenvalue weighted by atomic mass is 9.97. The summed E-state index contributed by atoms with van der Waals surface area (Å²) in [4.78, 5) is 11.4. The van der Waals surface area contributed by atoms with Crippen molar-refractivity contribution in [3.05, 3.63) is 28.8 Å². The molecule has 0 amide bonds. The molecule has 1 aliphatic rings. The highest BCUT2D eigenvalue weighted by Gasteiger charge is 2.43. The summed E-state index contributed by atoms with van der Waals surface area (Å²) in [6, 6.07) is 4.25. The van der Waals surface area contributed by atoms with Crippen molar-refractivity contribution in [3.8, 4) is 5.75 Å². The largest absolute Gasteiger partial charge is 0.493 e. The van der Waals surface area contributed by atoms with Crippen molar-refractivity contribution in [2.24, 2.45) is 11.8 Å². The van der Waals surface area contributed by atoms with Gasteiger partial charge in [0.1, 0.15) is 5.75 Å². The molecule has 0 spiro atoms. The summed E-state index contributed by atoms with van der Waals surface area (Å²) < 4.78 is 10.6. The summed E-state index contributed by atoms with van der Waals surface area (Å²) in [6.45, 7) is 7.17. The van der Waals surface area contributed by atoms with Crippen LogP contribution in [0.15, 0.2) is 12.1 Å². The normalized spacial score (nSPS) is 20.2. The van der Waals surface area contributed by atoms with Crippen LogP contribution in [0.5, 0.6) is 5.75 Å². The Balaban J connectivity index is 1.93. The third kappa shape index (κ3) is 3.78. The molecule has 0 aliphatic heterocycles. The van der Waals surface area contributed by atoms with Gasteiger partial charge in [0.2, 0.25) is 0 Å². The first kappa shape index (κ1) is 15.9. The molecule has 1 aromatic rings. The number of hydrogen-bond donors (Lipinski definition) is 0. The Labute approximate surface area is 127 Å². The van der Waals surface area contributed by atoms with Gasteiger partial charge in [-0.2, -0.15) is 0 Å². The molecule has 1 aromatic carbocycles. The first-order chi connectivity index (χ1) is 10.1. The summed E-state index contributed by atoms with van der Waals surface area (Å²) in [7, 11) is 1.47. The molecule has 2 unspecified atom stereocenters. The van der Waals surface area contributed by atoms with Gasteiger partial charge in [-0.15, -0.1) is 0 Å². The van der Waals surface area contributed by atoms with Gasteiger partial charge in [0.05, 0.1) is 19.6 Å². The molecule has 0 aromatic heterocycles. The van der Waals surface area contributed by atoms with Crippen molar-refractivity contribution in [1.82, 2.24) is 0 Å². The number of esters is 1. The molecule has 1 fully saturated rings. The zero-order chi connectivity index (χ0) is 15.4. The van der Waals surface area contributed by atoms with Crippen LogP contribution in [0, 0.1) is 25.7 Å². The van der Waals surface area contributed by atoms with E-state index in [4.69, 9.17) is 9.47 Å². The Bertz CT molecular complexity index is 507. The Hall–Kier alpha value is -1.51. The van der Waals surface area contributed by atoms with Crippen LogP contribution < -0.4 is 4.74 Å². The number of carbonyl (C=O) groups excluding carboxylic acids is 1. The number of aryl methyl sites for hydroxylation is 1. The predicted octanol–water partition coefficient (Wildman–Crippen LogP) is 3.83. The highest BCUT2D eigenvalue weighted by Crippen LogP contribution is 2.43. The monoisotopic (exact) mass is 290 g/mol. The van der Waals surface area contributed by atoms with E-state index in [1.54, 1.807) is 0 Å². The second-order valence-corrected chi connectivity index (χ2v) is 5.99. The van der Waals surface area contributed by atoms with Crippen molar-refractivity contribution < 1.29 is 14.3 Å². The number of methoxy groups -OCH3 is 1. The van der Waals surface area contributed by atoms with E-state index in [2.05, 4.69) is 32.9 Å². The molecule has 2 atom stereocenters. The van der Waals surface area contributed by atoms with Gasteiger partial charge >= 0.3 is 5.97 Å². The van der Waals surface area contributed by atoms with Crippen LogP contribution in [0.25, 0.3) is 0 Å². The summed E-state index contributed by atoms with van der Waals surface area (Å²) in [5, 5.41) is 0. The number of rotatable bonds is 7. The number of ether oxygens (including phenoxy) is 2. The van der Waals surface area contributed by atoms with Crippen LogP contribution in [0.1, 0.15) is 42.9 Å². The molecule has 0 saturated heterocycles. The summed E-state index contributed by atoms with van der Waals surface area (Å²) in [5.74, 6) is 1.60. The van der Waals surface area contributed by atoms with Crippen LogP contribution >= 0.6 is 0 Å². The van der Waals surface area contributed by atoms with E-state index in [0.29, 0.717) is 5.92 Å². The van der Waals surface area contributed by atoms with Gasteiger partial charge in [-0.1, -0.05) is 13.0 Å². The minimum Gasteiger partial charge on any atom is -0.493 e. The smallest absolute Gasteiger partial charge is 0.308 e. The van der Waals surface area contributed by atoms with Crippen molar-refractivity contribution in [2.45, 2.75) is 46.5 Å². The topological polar surface area (TPSA) is 35.5 Å². The quantitative estimate of drug-likeness (QED) is 0.716. The molecule has 116 valence electrons. The van der Waals surface area contributed by atoms with Gasteiger partial charge in [0, 0.05) is 0 Å². The fraction of sp³-hybridized carbons (Fsp3) is 0.611. The minimum atomic E-state index is -0.0452. The van der Waals surface area contributed by atoms with Crippen molar-refractivity contribution >= 4 is 5.97 Å². The van der Waals surface area contributed by atoms with Gasteiger partial charge in [-0.25, -0.2) is 0 Å². The Morgan fingerprint density at radius 3 is 2.71 bits per heavy atom. The molecule has 0 N–H and O–H groups in total. The SMILES string of the molecule is CCCOc1ccc(CCC2CC2C(=O)OC)c(C)c1C. The molecule has 3 heteroatoms. The van der Waals surface area contributed by atoms with Crippen molar-refractivity contribution in [3.63, 3.8) is 0 Å². The summed E-state index contributed by atoms with van der Waals surface area (Å²) in [6.07, 6.45) is 4.10. The predicted molar refractivity (Wildman–Crippen MR) is 83.6 cm³/mol. The van der Waals surface area contributed by atoms with Gasteiger partial charge in [0.25, 0.3) is 0 Å². The highest BCUT2D eigenvalue weighted by molar-refractivity contribution is 5.75. The third-order valence-corrected chi connectivity index (χ3v) is 4.52. The number of hydrogen-bond acceptors (Lipinski definition) is 3. The summed E-state index contributed by atoms with van der Waals surface area (Å²) >= 11 is 0. The Morgan fingerprint density at radius 2 is 2.05 bits per heavy atom. The average molecular weight is 290 g/mol. The molecule has 2 rings (SSSR count). The van der Waals surface area contributed by atoms with Crippen LogP contribution in [-0.4, -0.2) is 19.7 Å². The molecular formula is C18H26O3. The second-order valence-electron chi connectivity index (χ2n) is 5.99. The van der Waals surface area contributed by atoms with E-state index in [-0.39, 0.29) is 11.9 Å². The average Bonchev–Trinajstić information content (AvgIpc) is 3.26. The van der Waals surface area contributed by atoms with Crippen LogP contribution in [0.2, 0.25) is 0 Å². The first-order valence-electron chi connectivity index (χ1n) is 7.88. The van der Waals surface area contributed by atoms with Crippen molar-refractivity contribution in [2.75, 3.05) is 13.7 Å². The number of carbonyl (C=O) groups is 1. The fourth-order valence-electron chi connectivity index (χ4n) is 2.84. The van der Waals surface area contributed by atoms with E-state index in [1.807, 2.05) is 0 Å². The maximum Gasteiger partial charge on any atom is 0.308 e. The molecule has 1 saturated carbocycles. The van der Waals surface area contributed by atoms with Crippen LogP contribution in [0.4, 0.5) is 0 Å². The minimum absolute atomic E-state index is 0.0452. The Morgan fingerprint density at radius 1 is 1.29 bits per heavy atom. The van der Waals surface area contributed by atoms with E-state index in [9.17, 15) is 4.79 Å². The Kier molecular flexibility index (Phi) is 5.27. The lowest BCUT2D eigenvalue weighted by molar-refractivity contribution is -0.142. The zero-order valence-corrected chi connectivity index (χ0v) is 13.6. The van der Waals surface area contributed by atoms with E-state index >= 15 is 0 Å². The fourth-order valence-corrected chi connectivity index (χ4v) is 2.84. The molecule has 21 heavy (non-hydrogen) atoms. The lowest BCUT2D eigenvalue weighted by Crippen LogP contribution is -2.05. The lowest BCUT2D eigenvalue weighted by Gasteiger charge is -2.14. The van der Waals surface area contributed by atoms with E-state index < -0.39 is 0 Å². The molecular weight excluding hydrogens is 264 g/mol. The van der Waals surface area contributed by atoms with Gasteiger partial charge < -0.3 is 9.47 Å². The maximum atomic E-state index is 11.4. The molecule has 0 radical (unpaired) electrons. The number of benzene rings is 1. The van der Waals surface area contributed by atoms with E-state index in [0.717, 1.165) is 38.0 Å². The van der Waals surface area contributed by atoms with Gasteiger partial charge in [-0.3, -0.25) is 4.79 Å².